The average Bonchev–Trinajstić information content (AvgIpc) is 3.27. The van der Waals surface area contributed by atoms with Crippen molar-refractivity contribution in [3.63, 3.8) is 0 Å². The van der Waals surface area contributed by atoms with Crippen LogP contribution in [0.15, 0.2) is 83.6 Å². The zero-order valence-electron chi connectivity index (χ0n) is 16.0. The van der Waals surface area contributed by atoms with Gasteiger partial charge >= 0.3 is 0 Å². The van der Waals surface area contributed by atoms with Gasteiger partial charge in [-0.15, -0.1) is 0 Å². The molecule has 0 saturated carbocycles. The molecular formula is C23H18N4O3. The lowest BCUT2D eigenvalue weighted by Crippen LogP contribution is -2.56. The molecule has 1 aliphatic heterocycles. The maximum Gasteiger partial charge on any atom is 0.258 e. The summed E-state index contributed by atoms with van der Waals surface area (Å²) in [5.41, 5.74) is 2.36. The van der Waals surface area contributed by atoms with Crippen molar-refractivity contribution in [2.24, 2.45) is 0 Å². The van der Waals surface area contributed by atoms with Gasteiger partial charge in [-0.1, -0.05) is 23.4 Å². The van der Waals surface area contributed by atoms with Crippen molar-refractivity contribution in [1.82, 2.24) is 20.0 Å². The molecule has 148 valence electrons. The molecule has 2 aromatic carbocycles. The summed E-state index contributed by atoms with van der Waals surface area (Å²) in [5, 5.41) is 4.05. The molecule has 0 radical (unpaired) electrons. The molecule has 0 unspecified atom stereocenters. The molecule has 1 saturated heterocycles. The third-order valence-corrected chi connectivity index (χ3v) is 4.92. The first kappa shape index (κ1) is 18.1. The van der Waals surface area contributed by atoms with Crippen LogP contribution in [0.1, 0.15) is 10.4 Å². The molecule has 7 nitrogen and oxygen atoms in total. The molecule has 2 aromatic heterocycles. The van der Waals surface area contributed by atoms with E-state index >= 15 is 0 Å². The zero-order chi connectivity index (χ0) is 20.3. The van der Waals surface area contributed by atoms with Gasteiger partial charge in [0.25, 0.3) is 11.8 Å². The number of carbonyl (C=O) groups is 1. The van der Waals surface area contributed by atoms with Crippen LogP contribution in [-0.4, -0.2) is 45.1 Å². The van der Waals surface area contributed by atoms with Gasteiger partial charge in [-0.05, 0) is 48.5 Å². The molecule has 3 heterocycles. The highest BCUT2D eigenvalue weighted by Gasteiger charge is 2.32. The first-order valence-corrected chi connectivity index (χ1v) is 9.62. The van der Waals surface area contributed by atoms with E-state index in [4.69, 9.17) is 9.26 Å². The number of aromatic nitrogens is 3. The Kier molecular flexibility index (Phi) is 4.69. The summed E-state index contributed by atoms with van der Waals surface area (Å²) in [6.07, 6.45) is 3.35. The number of nitrogens with zero attached hydrogens (tertiary/aromatic N) is 4. The maximum atomic E-state index is 12.4. The number of hydrogen-bond donors (Lipinski definition) is 0. The Labute approximate surface area is 172 Å². The van der Waals surface area contributed by atoms with Gasteiger partial charge in [0.2, 0.25) is 5.82 Å². The highest BCUT2D eigenvalue weighted by atomic mass is 16.5. The summed E-state index contributed by atoms with van der Waals surface area (Å²) in [5.74, 6) is 1.74. The smallest absolute Gasteiger partial charge is 0.258 e. The monoisotopic (exact) mass is 398 g/mol. The van der Waals surface area contributed by atoms with Crippen LogP contribution in [0.25, 0.3) is 22.8 Å². The topological polar surface area (TPSA) is 81.4 Å². The second-order valence-electron chi connectivity index (χ2n) is 7.00. The fourth-order valence-corrected chi connectivity index (χ4v) is 3.27. The fourth-order valence-electron chi connectivity index (χ4n) is 3.27. The Morgan fingerprint density at radius 1 is 0.933 bits per heavy atom. The Balaban J connectivity index is 1.19. The van der Waals surface area contributed by atoms with E-state index < -0.39 is 0 Å². The molecule has 0 atom stereocenters. The molecule has 5 rings (SSSR count). The SMILES string of the molecule is O=C(c1ccccc1)N1CC(Oc2ccc(-c3noc(-c4ccncc4)n3)cc2)C1. The van der Waals surface area contributed by atoms with Crippen LogP contribution in [-0.2, 0) is 0 Å². The molecule has 0 N–H and O–H groups in total. The second kappa shape index (κ2) is 7.79. The minimum atomic E-state index is -0.00743. The van der Waals surface area contributed by atoms with E-state index in [1.807, 2.05) is 66.7 Å². The molecule has 1 amide bonds. The van der Waals surface area contributed by atoms with E-state index in [0.29, 0.717) is 30.4 Å². The van der Waals surface area contributed by atoms with Gasteiger partial charge in [0.05, 0.1) is 13.1 Å². The lowest BCUT2D eigenvalue weighted by molar-refractivity contribution is 0.0178. The summed E-state index contributed by atoms with van der Waals surface area (Å²) in [6.45, 7) is 1.16. The third kappa shape index (κ3) is 3.65. The Bertz CT molecular complexity index is 1140. The van der Waals surface area contributed by atoms with Gasteiger partial charge in [0.1, 0.15) is 11.9 Å². The number of carbonyl (C=O) groups excluding carboxylic acids is 1. The van der Waals surface area contributed by atoms with Crippen molar-refractivity contribution in [1.29, 1.82) is 0 Å². The van der Waals surface area contributed by atoms with Gasteiger partial charge in [0.15, 0.2) is 0 Å². The molecule has 7 heteroatoms. The number of likely N-dealkylation sites (tertiary alicyclic amines) is 1. The average molecular weight is 398 g/mol. The normalized spacial score (nSPS) is 13.7. The standard InChI is InChI=1S/C23H18N4O3/c28-23(18-4-2-1-3-5-18)27-14-20(15-27)29-19-8-6-16(7-9-19)21-25-22(30-26-21)17-10-12-24-13-11-17/h1-13,20H,14-15H2. The number of amides is 1. The minimum Gasteiger partial charge on any atom is -0.487 e. The van der Waals surface area contributed by atoms with E-state index in [0.717, 1.165) is 16.9 Å². The molecule has 0 bridgehead atoms. The van der Waals surface area contributed by atoms with Crippen LogP contribution in [0.4, 0.5) is 0 Å². The van der Waals surface area contributed by atoms with Crippen LogP contribution in [0.2, 0.25) is 0 Å². The van der Waals surface area contributed by atoms with Crippen molar-refractivity contribution in [3.8, 4) is 28.6 Å². The number of hydrogen-bond acceptors (Lipinski definition) is 6. The van der Waals surface area contributed by atoms with Crippen molar-refractivity contribution in [2.75, 3.05) is 13.1 Å². The van der Waals surface area contributed by atoms with Gasteiger partial charge in [0, 0.05) is 29.1 Å². The lowest BCUT2D eigenvalue weighted by Gasteiger charge is -2.39. The number of benzene rings is 2. The molecule has 1 aliphatic rings. The fraction of sp³-hybridized carbons (Fsp3) is 0.130. The molecule has 30 heavy (non-hydrogen) atoms. The van der Waals surface area contributed by atoms with Crippen molar-refractivity contribution in [3.05, 3.63) is 84.7 Å². The lowest BCUT2D eigenvalue weighted by atomic mass is 10.1. The van der Waals surface area contributed by atoms with Crippen molar-refractivity contribution < 1.29 is 14.1 Å². The van der Waals surface area contributed by atoms with Crippen LogP contribution >= 0.6 is 0 Å². The van der Waals surface area contributed by atoms with E-state index in [1.165, 1.54) is 0 Å². The predicted octanol–water partition coefficient (Wildman–Crippen LogP) is 3.70. The molecule has 0 aliphatic carbocycles. The highest BCUT2D eigenvalue weighted by Crippen LogP contribution is 2.25. The molecule has 0 spiro atoms. The predicted molar refractivity (Wildman–Crippen MR) is 110 cm³/mol. The van der Waals surface area contributed by atoms with Gasteiger partial charge < -0.3 is 14.2 Å². The minimum absolute atomic E-state index is 0.00743. The van der Waals surface area contributed by atoms with Gasteiger partial charge in [-0.2, -0.15) is 4.98 Å². The largest absolute Gasteiger partial charge is 0.487 e. The van der Waals surface area contributed by atoms with Crippen LogP contribution in [0, 0.1) is 0 Å². The molecule has 4 aromatic rings. The summed E-state index contributed by atoms with van der Waals surface area (Å²) >= 11 is 0. The van der Waals surface area contributed by atoms with Crippen molar-refractivity contribution >= 4 is 5.91 Å². The summed E-state index contributed by atoms with van der Waals surface area (Å²) in [7, 11) is 0. The Morgan fingerprint density at radius 2 is 1.67 bits per heavy atom. The zero-order valence-corrected chi connectivity index (χ0v) is 16.0. The molecular weight excluding hydrogens is 380 g/mol. The summed E-state index contributed by atoms with van der Waals surface area (Å²) < 4.78 is 11.3. The van der Waals surface area contributed by atoms with Crippen molar-refractivity contribution in [2.45, 2.75) is 6.10 Å². The van der Waals surface area contributed by atoms with E-state index in [-0.39, 0.29) is 12.0 Å². The quantitative estimate of drug-likeness (QED) is 0.510. The van der Waals surface area contributed by atoms with E-state index in [2.05, 4.69) is 15.1 Å². The van der Waals surface area contributed by atoms with Crippen LogP contribution in [0.3, 0.4) is 0 Å². The second-order valence-corrected chi connectivity index (χ2v) is 7.00. The third-order valence-electron chi connectivity index (χ3n) is 4.92. The van der Waals surface area contributed by atoms with E-state index in [9.17, 15) is 4.79 Å². The number of pyridine rings is 1. The first-order chi connectivity index (χ1) is 14.8. The summed E-state index contributed by atoms with van der Waals surface area (Å²) in [4.78, 5) is 22.6. The van der Waals surface area contributed by atoms with E-state index in [1.54, 1.807) is 17.3 Å². The highest BCUT2D eigenvalue weighted by molar-refractivity contribution is 5.94. The Hall–Kier alpha value is -4.00. The number of rotatable bonds is 5. The first-order valence-electron chi connectivity index (χ1n) is 9.62. The van der Waals surface area contributed by atoms with Gasteiger partial charge in [-0.3, -0.25) is 9.78 Å². The Morgan fingerprint density at radius 3 is 2.40 bits per heavy atom. The maximum absolute atomic E-state index is 12.4. The number of ether oxygens (including phenoxy) is 1. The molecule has 1 fully saturated rings. The van der Waals surface area contributed by atoms with Crippen LogP contribution < -0.4 is 4.74 Å². The summed E-state index contributed by atoms with van der Waals surface area (Å²) in [6, 6.07) is 20.5. The van der Waals surface area contributed by atoms with Gasteiger partial charge in [-0.25, -0.2) is 0 Å². The van der Waals surface area contributed by atoms with Crippen LogP contribution in [0.5, 0.6) is 5.75 Å².